The van der Waals surface area contributed by atoms with E-state index in [9.17, 15) is 14.4 Å². The van der Waals surface area contributed by atoms with E-state index in [1.807, 2.05) is 0 Å². The molecular formula is C42H44BrN3O4. The SMILES string of the molecule is C[N+]1=C(/C=C/C=C2\N(CCCCCC(=O)ON3C(=O)CCC3=O)c3ccc4ccccc4c3C2(C)C)C(C)(C)c2c1ccc1ccccc21.[Br-]. The van der Waals surface area contributed by atoms with Gasteiger partial charge in [-0.2, -0.15) is 4.58 Å². The highest BCUT2D eigenvalue weighted by atomic mass is 79.9. The summed E-state index contributed by atoms with van der Waals surface area (Å²) in [5.74, 6) is -1.44. The predicted molar refractivity (Wildman–Crippen MR) is 195 cm³/mol. The molecule has 0 N–H and O–H groups in total. The number of unbranched alkanes of at least 4 members (excludes halogenated alkanes) is 2. The number of imide groups is 1. The Kier molecular flexibility index (Phi) is 9.61. The van der Waals surface area contributed by atoms with Crippen LogP contribution >= 0.6 is 0 Å². The van der Waals surface area contributed by atoms with Crippen molar-refractivity contribution >= 4 is 56.4 Å². The van der Waals surface area contributed by atoms with Crippen molar-refractivity contribution in [3.8, 4) is 0 Å². The number of benzene rings is 4. The van der Waals surface area contributed by atoms with Gasteiger partial charge in [0.15, 0.2) is 5.71 Å². The van der Waals surface area contributed by atoms with Crippen molar-refractivity contribution in [2.24, 2.45) is 0 Å². The molecule has 258 valence electrons. The third-order valence-corrected chi connectivity index (χ3v) is 10.6. The Balaban J connectivity index is 0.00000432. The van der Waals surface area contributed by atoms with E-state index in [0.29, 0.717) is 11.5 Å². The van der Waals surface area contributed by atoms with Crippen LogP contribution in [0.5, 0.6) is 0 Å². The first kappa shape index (κ1) is 35.3. The Hall–Kier alpha value is -4.56. The molecular weight excluding hydrogens is 690 g/mol. The number of amides is 2. The first-order valence-electron chi connectivity index (χ1n) is 17.4. The molecule has 0 unspecified atom stereocenters. The maximum absolute atomic E-state index is 12.4. The van der Waals surface area contributed by atoms with Gasteiger partial charge in [-0.15, -0.1) is 5.06 Å². The van der Waals surface area contributed by atoms with Crippen molar-refractivity contribution in [2.75, 3.05) is 18.5 Å². The van der Waals surface area contributed by atoms with E-state index >= 15 is 0 Å². The van der Waals surface area contributed by atoms with Gasteiger partial charge in [-0.05, 0) is 72.0 Å². The van der Waals surface area contributed by atoms with Crippen LogP contribution in [0.15, 0.2) is 96.7 Å². The number of rotatable bonds is 9. The van der Waals surface area contributed by atoms with Gasteiger partial charge < -0.3 is 26.7 Å². The molecule has 0 bridgehead atoms. The Bertz CT molecular complexity index is 2110. The van der Waals surface area contributed by atoms with Crippen LogP contribution in [0, 0.1) is 0 Å². The largest absolute Gasteiger partial charge is 1.00 e. The second-order valence-corrected chi connectivity index (χ2v) is 14.5. The molecule has 0 radical (unpaired) electrons. The quantitative estimate of drug-likeness (QED) is 0.131. The molecule has 0 saturated carbocycles. The Morgan fingerprint density at radius 2 is 1.42 bits per heavy atom. The van der Waals surface area contributed by atoms with Crippen LogP contribution < -0.4 is 21.9 Å². The zero-order valence-corrected chi connectivity index (χ0v) is 31.0. The highest BCUT2D eigenvalue weighted by molar-refractivity contribution is 6.07. The first-order chi connectivity index (χ1) is 23.5. The lowest BCUT2D eigenvalue weighted by molar-refractivity contribution is -0.401. The molecule has 0 atom stereocenters. The lowest BCUT2D eigenvalue weighted by Crippen LogP contribution is -3.00. The van der Waals surface area contributed by atoms with Crippen LogP contribution in [-0.4, -0.2) is 46.7 Å². The van der Waals surface area contributed by atoms with E-state index in [1.165, 1.54) is 55.5 Å². The second kappa shape index (κ2) is 13.6. The van der Waals surface area contributed by atoms with Gasteiger partial charge in [0.25, 0.3) is 11.8 Å². The number of anilines is 1. The predicted octanol–water partition coefficient (Wildman–Crippen LogP) is 5.41. The van der Waals surface area contributed by atoms with E-state index < -0.39 is 17.8 Å². The van der Waals surface area contributed by atoms with E-state index in [0.717, 1.165) is 19.4 Å². The number of fused-ring (bicyclic) bond motifs is 6. The van der Waals surface area contributed by atoms with Gasteiger partial charge in [0.2, 0.25) is 5.69 Å². The molecule has 2 amide bonds. The zero-order valence-electron chi connectivity index (χ0n) is 29.5. The number of hydrogen-bond donors (Lipinski definition) is 0. The van der Waals surface area contributed by atoms with Crippen molar-refractivity contribution in [3.05, 3.63) is 108 Å². The average Bonchev–Trinajstić information content (AvgIpc) is 3.59. The molecule has 0 aromatic heterocycles. The van der Waals surface area contributed by atoms with Crippen LogP contribution in [-0.2, 0) is 30.1 Å². The third-order valence-electron chi connectivity index (χ3n) is 10.6. The van der Waals surface area contributed by atoms with Gasteiger partial charge in [0.05, 0.1) is 5.41 Å². The van der Waals surface area contributed by atoms with Gasteiger partial charge in [-0.1, -0.05) is 80.9 Å². The molecule has 7 nitrogen and oxygen atoms in total. The lowest BCUT2D eigenvalue weighted by Gasteiger charge is -2.27. The minimum atomic E-state index is -0.541. The Morgan fingerprint density at radius 3 is 2.10 bits per heavy atom. The molecule has 0 spiro atoms. The number of allylic oxidation sites excluding steroid dienone is 4. The standard InChI is InChI=1S/C42H44N3O4.BrH/c1-41(2)34(43(5)32-23-21-28-14-8-10-16-30(28)39(32)41)18-13-19-35-42(3,4)40-31-17-11-9-15-29(31)22-24-33(40)44(35)27-12-6-7-20-38(48)49-45-36(46)25-26-37(45)47;/h8-11,13-19,21-24H,6-7,12,20,25-27H2,1-5H3;1H/q+1;/p-1. The topological polar surface area (TPSA) is 69.9 Å². The van der Waals surface area contributed by atoms with Crippen molar-refractivity contribution in [3.63, 3.8) is 0 Å². The summed E-state index contributed by atoms with van der Waals surface area (Å²) in [6, 6.07) is 26.2. The summed E-state index contributed by atoms with van der Waals surface area (Å²) in [4.78, 5) is 43.5. The van der Waals surface area contributed by atoms with Gasteiger partial charge >= 0.3 is 5.97 Å². The molecule has 3 aliphatic rings. The van der Waals surface area contributed by atoms with E-state index in [-0.39, 0.29) is 47.1 Å². The maximum atomic E-state index is 12.4. The van der Waals surface area contributed by atoms with Crippen molar-refractivity contribution < 1.29 is 40.8 Å². The van der Waals surface area contributed by atoms with Gasteiger partial charge in [0.1, 0.15) is 7.05 Å². The molecule has 0 aliphatic carbocycles. The monoisotopic (exact) mass is 733 g/mol. The first-order valence-corrected chi connectivity index (χ1v) is 17.4. The minimum Gasteiger partial charge on any atom is -1.00 e. The summed E-state index contributed by atoms with van der Waals surface area (Å²) in [7, 11) is 2.17. The summed E-state index contributed by atoms with van der Waals surface area (Å²) in [5, 5.41) is 5.69. The van der Waals surface area contributed by atoms with Crippen LogP contribution in [0.25, 0.3) is 21.5 Å². The molecule has 7 rings (SSSR count). The lowest BCUT2D eigenvalue weighted by atomic mass is 9.79. The Morgan fingerprint density at radius 1 is 0.800 bits per heavy atom. The molecule has 4 aromatic rings. The number of nitrogens with zero attached hydrogens (tertiary/aromatic N) is 3. The normalized spacial score (nSPS) is 18.5. The maximum Gasteiger partial charge on any atom is 0.333 e. The summed E-state index contributed by atoms with van der Waals surface area (Å²) in [6.45, 7) is 10.1. The van der Waals surface area contributed by atoms with Crippen LogP contribution in [0.4, 0.5) is 11.4 Å². The molecule has 3 aliphatic heterocycles. The fourth-order valence-electron chi connectivity index (χ4n) is 8.22. The van der Waals surface area contributed by atoms with Gasteiger partial charge in [0, 0.05) is 60.3 Å². The number of carbonyl (C=O) groups is 3. The van der Waals surface area contributed by atoms with Gasteiger partial charge in [-0.25, -0.2) is 4.79 Å². The molecule has 50 heavy (non-hydrogen) atoms. The van der Waals surface area contributed by atoms with Crippen LogP contribution in [0.2, 0.25) is 0 Å². The fraction of sp³-hybridized carbons (Fsp3) is 0.333. The summed E-state index contributed by atoms with van der Waals surface area (Å²) in [5.41, 5.74) is 7.26. The van der Waals surface area contributed by atoms with E-state index in [2.05, 4.69) is 135 Å². The van der Waals surface area contributed by atoms with E-state index in [1.54, 1.807) is 0 Å². The van der Waals surface area contributed by atoms with Gasteiger partial charge in [-0.3, -0.25) is 9.59 Å². The number of hydroxylamine groups is 2. The highest BCUT2D eigenvalue weighted by Gasteiger charge is 2.45. The number of hydrogen-bond acceptors (Lipinski definition) is 5. The van der Waals surface area contributed by atoms with E-state index in [4.69, 9.17) is 4.84 Å². The fourth-order valence-corrected chi connectivity index (χ4v) is 8.22. The minimum absolute atomic E-state index is 0. The van der Waals surface area contributed by atoms with Crippen LogP contribution in [0.3, 0.4) is 0 Å². The second-order valence-electron chi connectivity index (χ2n) is 14.5. The van der Waals surface area contributed by atoms with Crippen LogP contribution in [0.1, 0.15) is 77.3 Å². The summed E-state index contributed by atoms with van der Waals surface area (Å²) in [6.07, 6.45) is 9.43. The molecule has 4 aromatic carbocycles. The molecule has 3 heterocycles. The zero-order chi connectivity index (χ0) is 34.5. The van der Waals surface area contributed by atoms with Crippen molar-refractivity contribution in [1.29, 1.82) is 0 Å². The van der Waals surface area contributed by atoms with Crippen molar-refractivity contribution in [1.82, 2.24) is 5.06 Å². The average molecular weight is 735 g/mol. The summed E-state index contributed by atoms with van der Waals surface area (Å²) < 4.78 is 2.33. The van der Waals surface area contributed by atoms with Crippen molar-refractivity contribution in [2.45, 2.75) is 77.0 Å². The highest BCUT2D eigenvalue weighted by Crippen LogP contribution is 2.51. The molecule has 8 heteroatoms. The third kappa shape index (κ3) is 5.97. The smallest absolute Gasteiger partial charge is 0.333 e. The Labute approximate surface area is 304 Å². The number of halogens is 1. The molecule has 1 fully saturated rings. The molecule has 1 saturated heterocycles. The summed E-state index contributed by atoms with van der Waals surface area (Å²) >= 11 is 0. The number of carbonyl (C=O) groups excluding carboxylic acids is 3.